The quantitative estimate of drug-likeness (QED) is 0.0161. The van der Waals surface area contributed by atoms with Crippen LogP contribution in [-0.2, 0) is 32.7 Å². The number of phosphoric acid groups is 1. The van der Waals surface area contributed by atoms with E-state index in [0.717, 1.165) is 70.6 Å². The van der Waals surface area contributed by atoms with Crippen LogP contribution in [0.3, 0.4) is 0 Å². The van der Waals surface area contributed by atoms with Gasteiger partial charge < -0.3 is 33.0 Å². The van der Waals surface area contributed by atoms with Crippen molar-refractivity contribution in [3.8, 4) is 0 Å². The number of hydrogen-bond donors (Lipinski definition) is 1. The maximum absolute atomic E-state index is 12.7. The fraction of sp³-hybridized carbons (Fsp3) is 0.739. The number of carbonyl (C=O) groups is 2. The number of esters is 2. The highest BCUT2D eigenvalue weighted by Gasteiger charge is 2.21. The van der Waals surface area contributed by atoms with Gasteiger partial charge in [0, 0.05) is 12.8 Å². The minimum atomic E-state index is -4.65. The summed E-state index contributed by atoms with van der Waals surface area (Å²) in [6, 6.07) is 0. The minimum Gasteiger partial charge on any atom is -0.756 e. The summed E-state index contributed by atoms with van der Waals surface area (Å²) in [6.07, 6.45) is 41.4. The van der Waals surface area contributed by atoms with Crippen LogP contribution < -0.4 is 4.89 Å². The average molecular weight is 824 g/mol. The molecule has 330 valence electrons. The topological polar surface area (TPSA) is 131 Å². The first-order valence-electron chi connectivity index (χ1n) is 22.1. The van der Waals surface area contributed by atoms with Crippen molar-refractivity contribution in [3.05, 3.63) is 60.8 Å². The van der Waals surface area contributed by atoms with Crippen LogP contribution in [0.4, 0.5) is 0 Å². The number of nitrogens with zero attached hydrogens (tertiary/aromatic N) is 1. The summed E-state index contributed by atoms with van der Waals surface area (Å²) in [5.74, 6) is -0.902. The van der Waals surface area contributed by atoms with E-state index in [2.05, 4.69) is 44.2 Å². The van der Waals surface area contributed by atoms with E-state index in [1.54, 1.807) is 6.08 Å². The lowest BCUT2D eigenvalue weighted by Crippen LogP contribution is -2.37. The lowest BCUT2D eigenvalue weighted by molar-refractivity contribution is -0.870. The molecule has 0 aliphatic heterocycles. The van der Waals surface area contributed by atoms with Crippen molar-refractivity contribution in [2.24, 2.45) is 0 Å². The number of likely N-dealkylation sites (N-methyl/N-ethyl adjacent to an activating group) is 1. The third-order valence-corrected chi connectivity index (χ3v) is 10.1. The predicted octanol–water partition coefficient (Wildman–Crippen LogP) is 10.8. The van der Waals surface area contributed by atoms with Gasteiger partial charge in [0.2, 0.25) is 0 Å². The van der Waals surface area contributed by atoms with E-state index in [0.29, 0.717) is 30.3 Å². The molecule has 0 radical (unpaired) electrons. The van der Waals surface area contributed by atoms with Crippen LogP contribution in [0.25, 0.3) is 0 Å². The Labute approximate surface area is 348 Å². The summed E-state index contributed by atoms with van der Waals surface area (Å²) in [5, 5.41) is 9.88. The normalized spacial score (nSPS) is 14.7. The lowest BCUT2D eigenvalue weighted by atomic mass is 10.1. The van der Waals surface area contributed by atoms with Crippen LogP contribution in [0.15, 0.2) is 60.8 Å². The molecule has 11 heteroatoms. The fourth-order valence-electron chi connectivity index (χ4n) is 5.60. The van der Waals surface area contributed by atoms with Gasteiger partial charge in [-0.05, 0) is 70.6 Å². The third-order valence-electron chi connectivity index (χ3n) is 9.10. The first-order chi connectivity index (χ1) is 27.4. The molecule has 0 heterocycles. The zero-order chi connectivity index (χ0) is 42.3. The number of ether oxygens (including phenoxy) is 2. The number of aliphatic hydroxyl groups excluding tert-OH is 1. The molecule has 0 fully saturated rings. The van der Waals surface area contributed by atoms with Gasteiger partial charge in [0.1, 0.15) is 19.8 Å². The second kappa shape index (κ2) is 37.9. The summed E-state index contributed by atoms with van der Waals surface area (Å²) in [6.45, 7) is 3.92. The van der Waals surface area contributed by atoms with E-state index in [1.807, 2.05) is 45.4 Å². The molecule has 0 aromatic rings. The van der Waals surface area contributed by atoms with Crippen molar-refractivity contribution in [2.75, 3.05) is 47.5 Å². The van der Waals surface area contributed by atoms with E-state index in [-0.39, 0.29) is 26.1 Å². The van der Waals surface area contributed by atoms with Gasteiger partial charge in [0.05, 0.1) is 33.9 Å². The van der Waals surface area contributed by atoms with Gasteiger partial charge in [-0.15, -0.1) is 0 Å². The van der Waals surface area contributed by atoms with Crippen molar-refractivity contribution < 1.29 is 47.2 Å². The number of allylic oxidation sites excluding steroid dienone is 8. The molecule has 0 bridgehead atoms. The van der Waals surface area contributed by atoms with E-state index in [9.17, 15) is 24.2 Å². The summed E-state index contributed by atoms with van der Waals surface area (Å²) >= 11 is 0. The van der Waals surface area contributed by atoms with Gasteiger partial charge in [0.15, 0.2) is 6.10 Å². The van der Waals surface area contributed by atoms with Crippen molar-refractivity contribution in [1.29, 1.82) is 0 Å². The molecule has 2 unspecified atom stereocenters. The highest BCUT2D eigenvalue weighted by atomic mass is 31.2. The number of hydrogen-bond acceptors (Lipinski definition) is 9. The summed E-state index contributed by atoms with van der Waals surface area (Å²) in [4.78, 5) is 37.5. The molecule has 57 heavy (non-hydrogen) atoms. The molecule has 10 nitrogen and oxygen atoms in total. The van der Waals surface area contributed by atoms with Crippen LogP contribution >= 0.6 is 7.82 Å². The SMILES string of the molecule is CC/C=C/CC(O)/C=C/C=C/CCCCCCCC(=O)OC[C@H](COP(=O)([O-])OCC[N+](C)(C)C)OC(=O)CCCCCCCCC/C=C\C/C=C\CCCCC. The van der Waals surface area contributed by atoms with E-state index < -0.39 is 38.6 Å². The molecular weight excluding hydrogens is 741 g/mol. The third kappa shape index (κ3) is 41.6. The molecule has 0 aliphatic rings. The Morgan fingerprint density at radius 2 is 1.23 bits per heavy atom. The Hall–Kier alpha value is -2.33. The first-order valence-corrected chi connectivity index (χ1v) is 23.6. The highest BCUT2D eigenvalue weighted by Crippen LogP contribution is 2.38. The zero-order valence-electron chi connectivity index (χ0n) is 36.6. The smallest absolute Gasteiger partial charge is 0.306 e. The summed E-state index contributed by atoms with van der Waals surface area (Å²) < 4.78 is 33.8. The van der Waals surface area contributed by atoms with E-state index in [1.165, 1.54) is 44.9 Å². The van der Waals surface area contributed by atoms with E-state index in [4.69, 9.17) is 18.5 Å². The molecule has 0 aromatic heterocycles. The van der Waals surface area contributed by atoms with Gasteiger partial charge in [-0.2, -0.15) is 0 Å². The maximum atomic E-state index is 12.7. The molecule has 1 N–H and O–H groups in total. The van der Waals surface area contributed by atoms with Crippen LogP contribution in [0, 0.1) is 0 Å². The van der Waals surface area contributed by atoms with Crippen molar-refractivity contribution in [1.82, 2.24) is 0 Å². The zero-order valence-corrected chi connectivity index (χ0v) is 37.5. The Bertz CT molecular complexity index is 1170. The molecule has 0 amide bonds. The number of unbranched alkanes of at least 4 members (excludes halogenated alkanes) is 15. The van der Waals surface area contributed by atoms with Crippen molar-refractivity contribution >= 4 is 19.8 Å². The first kappa shape index (κ1) is 54.7. The Balaban J connectivity index is 4.44. The second-order valence-electron chi connectivity index (χ2n) is 15.9. The molecule has 0 aliphatic carbocycles. The number of carbonyl (C=O) groups excluding carboxylic acids is 2. The minimum absolute atomic E-state index is 0.0473. The van der Waals surface area contributed by atoms with Crippen LogP contribution in [-0.4, -0.2) is 81.2 Å². The summed E-state index contributed by atoms with van der Waals surface area (Å²) in [5.41, 5.74) is 0. The molecule has 0 rings (SSSR count). The monoisotopic (exact) mass is 824 g/mol. The molecule has 0 saturated carbocycles. The van der Waals surface area contributed by atoms with Crippen molar-refractivity contribution in [3.63, 3.8) is 0 Å². The van der Waals surface area contributed by atoms with Gasteiger partial charge in [-0.1, -0.05) is 139 Å². The second-order valence-corrected chi connectivity index (χ2v) is 17.3. The number of aliphatic hydroxyl groups is 1. The number of quaternary nitrogens is 1. The Morgan fingerprint density at radius 1 is 0.667 bits per heavy atom. The highest BCUT2D eigenvalue weighted by molar-refractivity contribution is 7.45. The standard InChI is InChI=1S/C46H82NO9P/c1-6-8-10-11-12-13-14-15-16-17-18-19-20-23-27-30-34-38-46(50)56-44(42-55-57(51,52)54-40-39-47(3,4)5)41-53-45(49)37-33-29-26-24-21-22-25-28-32-36-43(48)35-31-9-7-2/h9,12-13,15-16,25,28,31-32,36,43-44,48H,6-8,10-11,14,17-24,26-27,29-30,33-35,37-42H2,1-5H3/b13-12-,16-15-,28-25+,31-9+,36-32+/t43?,44-/m1/s1. The van der Waals surface area contributed by atoms with Crippen LogP contribution in [0.2, 0.25) is 0 Å². The average Bonchev–Trinajstić information content (AvgIpc) is 3.15. The molecular formula is C46H82NO9P. The van der Waals surface area contributed by atoms with Gasteiger partial charge >= 0.3 is 11.9 Å². The van der Waals surface area contributed by atoms with Gasteiger partial charge in [-0.3, -0.25) is 14.2 Å². The lowest BCUT2D eigenvalue weighted by Gasteiger charge is -2.28. The van der Waals surface area contributed by atoms with Crippen molar-refractivity contribution in [2.45, 2.75) is 174 Å². The number of rotatable bonds is 39. The fourth-order valence-corrected chi connectivity index (χ4v) is 6.33. The van der Waals surface area contributed by atoms with E-state index >= 15 is 0 Å². The molecule has 3 atom stereocenters. The van der Waals surface area contributed by atoms with Gasteiger partial charge in [-0.25, -0.2) is 0 Å². The largest absolute Gasteiger partial charge is 0.756 e. The predicted molar refractivity (Wildman–Crippen MR) is 232 cm³/mol. The Morgan fingerprint density at radius 3 is 1.82 bits per heavy atom. The summed E-state index contributed by atoms with van der Waals surface area (Å²) in [7, 11) is 1.11. The van der Waals surface area contributed by atoms with Crippen LogP contribution in [0.1, 0.15) is 162 Å². The molecule has 0 aromatic carbocycles. The maximum Gasteiger partial charge on any atom is 0.306 e. The van der Waals surface area contributed by atoms with Crippen LogP contribution in [0.5, 0.6) is 0 Å². The Kier molecular flexibility index (Phi) is 36.4. The molecule has 0 saturated heterocycles. The number of phosphoric ester groups is 1. The molecule has 0 spiro atoms. The van der Waals surface area contributed by atoms with Gasteiger partial charge in [0.25, 0.3) is 7.82 Å².